The van der Waals surface area contributed by atoms with Crippen molar-refractivity contribution >= 4 is 11.6 Å². The Balaban J connectivity index is 1.29. The van der Waals surface area contributed by atoms with E-state index in [4.69, 9.17) is 4.74 Å². The fraction of sp³-hybridized carbons (Fsp3) is 0.500. The lowest BCUT2D eigenvalue weighted by Crippen LogP contribution is -2.42. The van der Waals surface area contributed by atoms with E-state index in [1.54, 1.807) is 12.3 Å². The molecule has 1 N–H and O–H groups in total. The summed E-state index contributed by atoms with van der Waals surface area (Å²) in [5.74, 6) is 0.149. The van der Waals surface area contributed by atoms with Crippen LogP contribution in [0.3, 0.4) is 0 Å². The van der Waals surface area contributed by atoms with Crippen molar-refractivity contribution in [3.05, 3.63) is 58.5 Å². The van der Waals surface area contributed by atoms with Crippen molar-refractivity contribution in [3.8, 4) is 0 Å². The first kappa shape index (κ1) is 19.6. The molecule has 0 saturated carbocycles. The predicted octanol–water partition coefficient (Wildman–Crippen LogP) is 1.80. The molecule has 1 amide bonds. The fourth-order valence-electron chi connectivity index (χ4n) is 4.04. The van der Waals surface area contributed by atoms with Gasteiger partial charge < -0.3 is 15.0 Å². The van der Waals surface area contributed by atoms with Gasteiger partial charge in [-0.15, -0.1) is 0 Å². The lowest BCUT2D eigenvalue weighted by Gasteiger charge is -2.32. The van der Waals surface area contributed by atoms with Gasteiger partial charge >= 0.3 is 0 Å². The number of piperidine rings is 1. The van der Waals surface area contributed by atoms with Crippen LogP contribution in [0.4, 0.5) is 5.69 Å². The molecule has 0 bridgehead atoms. The molecule has 2 fully saturated rings. The van der Waals surface area contributed by atoms with E-state index in [2.05, 4.69) is 15.3 Å². The SMILES string of the molecule is O=C(NC[C@@H]1CCCO1)C1CCN(c2cnn(Cc3ccccc3)c(=O)c2)CC1. The monoisotopic (exact) mass is 396 g/mol. The maximum absolute atomic E-state index is 12.5. The summed E-state index contributed by atoms with van der Waals surface area (Å²) >= 11 is 0. The first-order valence-corrected chi connectivity index (χ1v) is 10.4. The van der Waals surface area contributed by atoms with Gasteiger partial charge in [0.15, 0.2) is 0 Å². The van der Waals surface area contributed by atoms with Gasteiger partial charge in [0, 0.05) is 38.2 Å². The topological polar surface area (TPSA) is 76.5 Å². The zero-order valence-electron chi connectivity index (χ0n) is 16.6. The van der Waals surface area contributed by atoms with Crippen LogP contribution in [0.15, 0.2) is 47.4 Å². The molecule has 2 saturated heterocycles. The van der Waals surface area contributed by atoms with Crippen molar-refractivity contribution in [1.29, 1.82) is 0 Å². The van der Waals surface area contributed by atoms with Crippen LogP contribution in [0.25, 0.3) is 0 Å². The first-order valence-electron chi connectivity index (χ1n) is 10.4. The number of ether oxygens (including phenoxy) is 1. The molecule has 4 rings (SSSR count). The van der Waals surface area contributed by atoms with Crippen LogP contribution in [0.1, 0.15) is 31.2 Å². The summed E-state index contributed by atoms with van der Waals surface area (Å²) in [7, 11) is 0. The molecular formula is C22H28N4O3. The second kappa shape index (κ2) is 9.22. The Kier molecular flexibility index (Phi) is 6.24. The first-order chi connectivity index (χ1) is 14.2. The average Bonchev–Trinajstić information content (AvgIpc) is 3.28. The second-order valence-corrected chi connectivity index (χ2v) is 7.84. The standard InChI is InChI=1S/C22H28N4O3/c27-21-13-19(14-24-26(21)16-17-5-2-1-3-6-17)25-10-8-18(9-11-25)22(28)23-15-20-7-4-12-29-20/h1-3,5-6,13-14,18,20H,4,7-12,15-16H2,(H,23,28)/t20-/m0/s1. The van der Waals surface area contributed by atoms with Gasteiger partial charge in [-0.1, -0.05) is 30.3 Å². The molecule has 154 valence electrons. The summed E-state index contributed by atoms with van der Waals surface area (Å²) in [5, 5.41) is 7.39. The Labute approximate surface area is 170 Å². The Hall–Kier alpha value is -2.67. The Morgan fingerprint density at radius 1 is 1.17 bits per heavy atom. The van der Waals surface area contributed by atoms with Crippen molar-refractivity contribution in [3.63, 3.8) is 0 Å². The second-order valence-electron chi connectivity index (χ2n) is 7.84. The van der Waals surface area contributed by atoms with Crippen LogP contribution >= 0.6 is 0 Å². The van der Waals surface area contributed by atoms with Crippen LogP contribution in [-0.4, -0.2) is 48.0 Å². The van der Waals surface area contributed by atoms with Gasteiger partial charge in [0.25, 0.3) is 5.56 Å². The zero-order valence-corrected chi connectivity index (χ0v) is 16.6. The number of hydrogen-bond acceptors (Lipinski definition) is 5. The van der Waals surface area contributed by atoms with E-state index in [1.807, 2.05) is 30.3 Å². The van der Waals surface area contributed by atoms with Gasteiger partial charge in [0.2, 0.25) is 5.91 Å². The molecule has 0 unspecified atom stereocenters. The number of anilines is 1. The van der Waals surface area contributed by atoms with Crippen LogP contribution in [0, 0.1) is 5.92 Å². The minimum Gasteiger partial charge on any atom is -0.376 e. The molecule has 2 aromatic rings. The third-order valence-electron chi connectivity index (χ3n) is 5.79. The number of aromatic nitrogens is 2. The molecule has 2 aliphatic heterocycles. The van der Waals surface area contributed by atoms with Gasteiger partial charge in [-0.3, -0.25) is 9.59 Å². The number of nitrogens with zero attached hydrogens (tertiary/aromatic N) is 3. The summed E-state index contributed by atoms with van der Waals surface area (Å²) < 4.78 is 7.04. The predicted molar refractivity (Wildman–Crippen MR) is 111 cm³/mol. The highest BCUT2D eigenvalue weighted by Gasteiger charge is 2.26. The lowest BCUT2D eigenvalue weighted by atomic mass is 9.95. The maximum Gasteiger partial charge on any atom is 0.269 e. The molecular weight excluding hydrogens is 368 g/mol. The third kappa shape index (κ3) is 5.03. The Morgan fingerprint density at radius 3 is 2.66 bits per heavy atom. The number of benzene rings is 1. The average molecular weight is 396 g/mol. The van der Waals surface area contributed by atoms with Crippen molar-refractivity contribution in [1.82, 2.24) is 15.1 Å². The molecule has 1 atom stereocenters. The third-order valence-corrected chi connectivity index (χ3v) is 5.79. The number of rotatable bonds is 6. The Bertz CT molecular complexity index is 869. The smallest absolute Gasteiger partial charge is 0.269 e. The van der Waals surface area contributed by atoms with Gasteiger partial charge in [0.05, 0.1) is 24.5 Å². The summed E-state index contributed by atoms with van der Waals surface area (Å²) in [6.07, 6.45) is 5.60. The van der Waals surface area contributed by atoms with E-state index in [-0.39, 0.29) is 23.5 Å². The number of carbonyl (C=O) groups excluding carboxylic acids is 1. The number of carbonyl (C=O) groups is 1. The van der Waals surface area contributed by atoms with Crippen LogP contribution in [-0.2, 0) is 16.1 Å². The van der Waals surface area contributed by atoms with E-state index in [0.717, 1.165) is 56.6 Å². The number of hydrogen-bond donors (Lipinski definition) is 1. The summed E-state index contributed by atoms with van der Waals surface area (Å²) in [6.45, 7) is 3.39. The molecule has 29 heavy (non-hydrogen) atoms. The van der Waals surface area contributed by atoms with E-state index in [1.165, 1.54) is 4.68 Å². The lowest BCUT2D eigenvalue weighted by molar-refractivity contribution is -0.126. The quantitative estimate of drug-likeness (QED) is 0.806. The molecule has 1 aromatic heterocycles. The highest BCUT2D eigenvalue weighted by molar-refractivity contribution is 5.79. The molecule has 7 nitrogen and oxygen atoms in total. The van der Waals surface area contributed by atoms with Crippen molar-refractivity contribution < 1.29 is 9.53 Å². The van der Waals surface area contributed by atoms with E-state index >= 15 is 0 Å². The van der Waals surface area contributed by atoms with Crippen molar-refractivity contribution in [2.24, 2.45) is 5.92 Å². The minimum atomic E-state index is -0.109. The number of amides is 1. The van der Waals surface area contributed by atoms with Crippen LogP contribution in [0.2, 0.25) is 0 Å². The minimum absolute atomic E-state index is 0.0269. The maximum atomic E-state index is 12.5. The van der Waals surface area contributed by atoms with Crippen molar-refractivity contribution in [2.45, 2.75) is 38.3 Å². The van der Waals surface area contributed by atoms with E-state index < -0.39 is 0 Å². The molecule has 0 aliphatic carbocycles. The number of nitrogens with one attached hydrogen (secondary N) is 1. The summed E-state index contributed by atoms with van der Waals surface area (Å²) in [4.78, 5) is 27.0. The molecule has 1 aromatic carbocycles. The molecule has 2 aliphatic rings. The van der Waals surface area contributed by atoms with E-state index in [9.17, 15) is 9.59 Å². The fourth-order valence-corrected chi connectivity index (χ4v) is 4.04. The summed E-state index contributed by atoms with van der Waals surface area (Å²) in [5.41, 5.74) is 1.77. The van der Waals surface area contributed by atoms with Gasteiger partial charge in [-0.05, 0) is 31.2 Å². The van der Waals surface area contributed by atoms with Gasteiger partial charge in [-0.25, -0.2) is 4.68 Å². The highest BCUT2D eigenvalue weighted by atomic mass is 16.5. The van der Waals surface area contributed by atoms with Gasteiger partial charge in [0.1, 0.15) is 0 Å². The van der Waals surface area contributed by atoms with Crippen molar-refractivity contribution in [2.75, 3.05) is 31.1 Å². The molecule has 0 radical (unpaired) electrons. The van der Waals surface area contributed by atoms with Crippen LogP contribution in [0.5, 0.6) is 0 Å². The summed E-state index contributed by atoms with van der Waals surface area (Å²) in [6, 6.07) is 11.5. The zero-order chi connectivity index (χ0) is 20.1. The Morgan fingerprint density at radius 2 is 1.97 bits per heavy atom. The van der Waals surface area contributed by atoms with Gasteiger partial charge in [-0.2, -0.15) is 5.10 Å². The molecule has 7 heteroatoms. The largest absolute Gasteiger partial charge is 0.376 e. The molecule has 3 heterocycles. The van der Waals surface area contributed by atoms with E-state index in [0.29, 0.717) is 13.1 Å². The van der Waals surface area contributed by atoms with Crippen LogP contribution < -0.4 is 15.8 Å². The normalized spacial score (nSPS) is 20.0. The highest BCUT2D eigenvalue weighted by Crippen LogP contribution is 2.22. The molecule has 0 spiro atoms.